The first kappa shape index (κ1) is 9.98. The van der Waals surface area contributed by atoms with Crippen LogP contribution >= 0.6 is 11.3 Å². The third-order valence-corrected chi connectivity index (χ3v) is 3.18. The summed E-state index contributed by atoms with van der Waals surface area (Å²) in [5.74, 6) is -0.677. The topological polar surface area (TPSA) is 59.4 Å². The van der Waals surface area contributed by atoms with Crippen molar-refractivity contribution in [3.63, 3.8) is 0 Å². The van der Waals surface area contributed by atoms with Crippen LogP contribution in [0.1, 0.15) is 9.67 Å². The molecule has 0 saturated heterocycles. The molecule has 0 spiro atoms. The highest BCUT2D eigenvalue weighted by atomic mass is 32.1. The largest absolute Gasteiger partial charge is 0.494 e. The fourth-order valence-corrected chi connectivity index (χ4v) is 2.37. The number of hydrogen-bond acceptors (Lipinski definition) is 4. The third-order valence-electron chi connectivity index (χ3n) is 1.99. The highest BCUT2D eigenvalue weighted by Crippen LogP contribution is 2.35. The Bertz CT molecular complexity index is 537. The summed E-state index contributed by atoms with van der Waals surface area (Å²) in [4.78, 5) is 15.0. The molecule has 0 amide bonds. The molecule has 6 heteroatoms. The number of carboxylic acid groups (broad SMARTS) is 1. The van der Waals surface area contributed by atoms with Gasteiger partial charge in [-0.2, -0.15) is 0 Å². The van der Waals surface area contributed by atoms with Gasteiger partial charge in [0.25, 0.3) is 0 Å². The summed E-state index contributed by atoms with van der Waals surface area (Å²) in [7, 11) is 7.08. The molecule has 15 heavy (non-hydrogen) atoms. The number of hydrogen-bond donors (Lipinski definition) is 1. The molecule has 0 aromatic carbocycles. The average molecular weight is 219 g/mol. The van der Waals surface area contributed by atoms with E-state index < -0.39 is 5.97 Å². The lowest BCUT2D eigenvalue weighted by Crippen LogP contribution is -2.06. The van der Waals surface area contributed by atoms with Crippen LogP contribution in [0.2, 0.25) is 0 Å². The fraction of sp³-hybridized carbons (Fsp3) is 0.111. The maximum Gasteiger partial charge on any atom is 0.349 e. The number of pyridine rings is 1. The predicted octanol–water partition coefficient (Wildman–Crippen LogP) is 0.797. The maximum absolute atomic E-state index is 10.9. The second kappa shape index (κ2) is 3.54. The van der Waals surface area contributed by atoms with Gasteiger partial charge in [-0.15, -0.1) is 11.3 Å². The van der Waals surface area contributed by atoms with Gasteiger partial charge in [0.05, 0.1) is 7.11 Å². The molecular weight excluding hydrogens is 213 g/mol. The molecule has 74 valence electrons. The molecule has 0 fully saturated rings. The molecule has 0 aliphatic heterocycles. The van der Waals surface area contributed by atoms with Gasteiger partial charge in [-0.05, 0) is 6.07 Å². The van der Waals surface area contributed by atoms with Crippen molar-refractivity contribution < 1.29 is 14.6 Å². The summed E-state index contributed by atoms with van der Waals surface area (Å²) >= 11 is 1.07. The molecule has 0 aliphatic carbocycles. The second-order valence-electron chi connectivity index (χ2n) is 2.84. The summed E-state index contributed by atoms with van der Waals surface area (Å²) in [5.41, 5.74) is 0.322. The molecule has 0 unspecified atom stereocenters. The Hall–Kier alpha value is -1.56. The van der Waals surface area contributed by atoms with Crippen molar-refractivity contribution in [3.8, 4) is 5.75 Å². The number of ether oxygens (including phenoxy) is 1. The smallest absolute Gasteiger partial charge is 0.349 e. The van der Waals surface area contributed by atoms with Crippen LogP contribution in [-0.4, -0.2) is 31.0 Å². The standard InChI is InChI=1S/C9H6BNO3S/c1-14-5-4-2-3-11-8(10)6(4)15-7(5)9(12)13/h2-3H,1H3,(H,12,13). The number of aromatic carboxylic acids is 1. The van der Waals surface area contributed by atoms with E-state index in [0.29, 0.717) is 21.4 Å². The highest BCUT2D eigenvalue weighted by Gasteiger charge is 2.19. The van der Waals surface area contributed by atoms with Crippen molar-refractivity contribution >= 4 is 40.8 Å². The summed E-state index contributed by atoms with van der Waals surface area (Å²) in [5, 5.41) is 9.65. The van der Waals surface area contributed by atoms with E-state index in [1.54, 1.807) is 6.07 Å². The molecule has 2 aromatic heterocycles. The monoisotopic (exact) mass is 219 g/mol. The average Bonchev–Trinajstić information content (AvgIpc) is 2.57. The highest BCUT2D eigenvalue weighted by molar-refractivity contribution is 7.22. The van der Waals surface area contributed by atoms with Gasteiger partial charge in [0.15, 0.2) is 10.6 Å². The van der Waals surface area contributed by atoms with E-state index >= 15 is 0 Å². The number of thiophene rings is 1. The number of carboxylic acids is 1. The molecule has 0 atom stereocenters. The minimum atomic E-state index is -1.02. The number of carbonyl (C=O) groups is 1. The van der Waals surface area contributed by atoms with Crippen molar-refractivity contribution in [3.05, 3.63) is 17.1 Å². The molecule has 0 aliphatic rings. The fourth-order valence-electron chi connectivity index (χ4n) is 1.36. The van der Waals surface area contributed by atoms with Crippen LogP contribution in [0, 0.1) is 0 Å². The number of rotatable bonds is 2. The van der Waals surface area contributed by atoms with Gasteiger partial charge >= 0.3 is 5.97 Å². The minimum Gasteiger partial charge on any atom is -0.494 e. The van der Waals surface area contributed by atoms with Crippen molar-refractivity contribution in [1.29, 1.82) is 0 Å². The van der Waals surface area contributed by atoms with Gasteiger partial charge in [0, 0.05) is 21.9 Å². The quantitative estimate of drug-likeness (QED) is 0.758. The van der Waals surface area contributed by atoms with E-state index in [1.165, 1.54) is 13.3 Å². The molecule has 4 nitrogen and oxygen atoms in total. The van der Waals surface area contributed by atoms with E-state index in [1.807, 2.05) is 0 Å². The zero-order chi connectivity index (χ0) is 11.0. The van der Waals surface area contributed by atoms with Crippen LogP contribution in [0.5, 0.6) is 5.75 Å². The van der Waals surface area contributed by atoms with Gasteiger partial charge in [-0.1, -0.05) is 0 Å². The number of methoxy groups -OCH3 is 1. The van der Waals surface area contributed by atoms with Gasteiger partial charge < -0.3 is 9.84 Å². The van der Waals surface area contributed by atoms with Crippen molar-refractivity contribution in [2.75, 3.05) is 7.11 Å². The zero-order valence-electron chi connectivity index (χ0n) is 7.85. The molecular formula is C9H6BNO3S. The van der Waals surface area contributed by atoms with Crippen molar-refractivity contribution in [2.45, 2.75) is 0 Å². The lowest BCUT2D eigenvalue weighted by Gasteiger charge is -1.98. The Kier molecular flexibility index (Phi) is 2.36. The molecule has 2 radical (unpaired) electrons. The van der Waals surface area contributed by atoms with Crippen molar-refractivity contribution in [2.24, 2.45) is 0 Å². The van der Waals surface area contributed by atoms with E-state index in [2.05, 4.69) is 4.98 Å². The van der Waals surface area contributed by atoms with Gasteiger partial charge in [-0.3, -0.25) is 4.98 Å². The predicted molar refractivity (Wildman–Crippen MR) is 58.5 cm³/mol. The molecule has 1 N–H and O–H groups in total. The van der Waals surface area contributed by atoms with E-state index in [4.69, 9.17) is 17.7 Å². The van der Waals surface area contributed by atoms with Crippen LogP contribution in [0.15, 0.2) is 12.3 Å². The van der Waals surface area contributed by atoms with E-state index in [-0.39, 0.29) is 4.88 Å². The normalized spacial score (nSPS) is 10.5. The molecule has 2 heterocycles. The lowest BCUT2D eigenvalue weighted by molar-refractivity contribution is 0.0699. The van der Waals surface area contributed by atoms with Crippen LogP contribution in [-0.2, 0) is 0 Å². The molecule has 0 bridgehead atoms. The van der Waals surface area contributed by atoms with E-state index in [9.17, 15) is 4.79 Å². The van der Waals surface area contributed by atoms with Crippen molar-refractivity contribution in [1.82, 2.24) is 4.98 Å². The summed E-state index contributed by atoms with van der Waals surface area (Å²) < 4.78 is 5.71. The molecule has 2 aromatic rings. The van der Waals surface area contributed by atoms with E-state index in [0.717, 1.165) is 11.3 Å². The summed E-state index contributed by atoms with van der Waals surface area (Å²) in [6, 6.07) is 1.69. The summed E-state index contributed by atoms with van der Waals surface area (Å²) in [6.45, 7) is 0. The molecule has 0 saturated carbocycles. The van der Waals surface area contributed by atoms with Crippen LogP contribution < -0.4 is 10.3 Å². The zero-order valence-corrected chi connectivity index (χ0v) is 8.67. The molecule has 2 rings (SSSR count). The van der Waals surface area contributed by atoms with Crippen LogP contribution in [0.3, 0.4) is 0 Å². The number of fused-ring (bicyclic) bond motifs is 1. The Morgan fingerprint density at radius 3 is 3.00 bits per heavy atom. The summed E-state index contributed by atoms with van der Waals surface area (Å²) in [6.07, 6.45) is 1.53. The Morgan fingerprint density at radius 1 is 1.67 bits per heavy atom. The first-order chi connectivity index (χ1) is 7.15. The second-order valence-corrected chi connectivity index (χ2v) is 3.86. The first-order valence-corrected chi connectivity index (χ1v) is 4.91. The first-order valence-electron chi connectivity index (χ1n) is 4.09. The lowest BCUT2D eigenvalue weighted by atomic mass is 10.0. The van der Waals surface area contributed by atoms with Crippen LogP contribution in [0.4, 0.5) is 0 Å². The maximum atomic E-state index is 10.9. The number of nitrogens with zero attached hydrogens (tertiary/aromatic N) is 1. The van der Waals surface area contributed by atoms with Gasteiger partial charge in [-0.25, -0.2) is 4.79 Å². The third kappa shape index (κ3) is 1.46. The van der Waals surface area contributed by atoms with Gasteiger partial charge in [0.2, 0.25) is 0 Å². The SMILES string of the molecule is [B]c1nccc2c(OC)c(C(=O)O)sc12. The van der Waals surface area contributed by atoms with Crippen LogP contribution in [0.25, 0.3) is 10.1 Å². The Morgan fingerprint density at radius 2 is 2.40 bits per heavy atom. The van der Waals surface area contributed by atoms with Gasteiger partial charge in [0.1, 0.15) is 7.85 Å². The number of aromatic nitrogens is 1. The Balaban J connectivity index is 2.84. The Labute approximate surface area is 90.9 Å². The minimum absolute atomic E-state index is 0.146.